The standard InChI is InChI=1S/C22H21NO3/c1-16-7-2-5-12-20(16)23-21(24)13-14-22(25)26-15-18-10-6-9-17-8-3-4-11-19(17)18/h2-12H,13-15H2,1H3,(H,23,24). The van der Waals surface area contributed by atoms with Crippen molar-refractivity contribution >= 4 is 28.3 Å². The number of aryl methyl sites for hydroxylation is 1. The molecular formula is C22H21NO3. The Morgan fingerprint density at radius 2 is 1.62 bits per heavy atom. The number of anilines is 1. The van der Waals surface area contributed by atoms with Gasteiger partial charge in [0.25, 0.3) is 0 Å². The molecule has 3 rings (SSSR count). The molecule has 1 amide bonds. The molecule has 0 spiro atoms. The van der Waals surface area contributed by atoms with Crippen LogP contribution in [0, 0.1) is 6.92 Å². The summed E-state index contributed by atoms with van der Waals surface area (Å²) in [6, 6.07) is 21.4. The summed E-state index contributed by atoms with van der Waals surface area (Å²) in [6.07, 6.45) is 0.158. The van der Waals surface area contributed by atoms with Gasteiger partial charge in [-0.05, 0) is 34.9 Å². The maximum Gasteiger partial charge on any atom is 0.306 e. The van der Waals surface area contributed by atoms with Crippen LogP contribution in [-0.4, -0.2) is 11.9 Å². The van der Waals surface area contributed by atoms with Crippen molar-refractivity contribution in [3.8, 4) is 0 Å². The number of carbonyl (C=O) groups excluding carboxylic acids is 2. The Morgan fingerprint density at radius 1 is 0.885 bits per heavy atom. The zero-order chi connectivity index (χ0) is 18.4. The molecule has 3 aromatic rings. The molecule has 0 aliphatic carbocycles. The summed E-state index contributed by atoms with van der Waals surface area (Å²) in [5, 5.41) is 5.00. The fraction of sp³-hybridized carbons (Fsp3) is 0.182. The summed E-state index contributed by atoms with van der Waals surface area (Å²) in [5.41, 5.74) is 2.71. The fourth-order valence-corrected chi connectivity index (χ4v) is 2.79. The molecule has 0 radical (unpaired) electrons. The van der Waals surface area contributed by atoms with Gasteiger partial charge in [0.1, 0.15) is 6.61 Å². The molecule has 0 aliphatic heterocycles. The number of fused-ring (bicyclic) bond motifs is 1. The van der Waals surface area contributed by atoms with Crippen LogP contribution in [0.3, 0.4) is 0 Å². The quantitative estimate of drug-likeness (QED) is 0.663. The molecule has 132 valence electrons. The van der Waals surface area contributed by atoms with Crippen LogP contribution in [0.15, 0.2) is 66.7 Å². The zero-order valence-corrected chi connectivity index (χ0v) is 14.7. The lowest BCUT2D eigenvalue weighted by Crippen LogP contribution is -2.15. The van der Waals surface area contributed by atoms with Crippen molar-refractivity contribution in [2.45, 2.75) is 26.4 Å². The summed E-state index contributed by atoms with van der Waals surface area (Å²) in [6.45, 7) is 2.13. The van der Waals surface area contributed by atoms with Crippen molar-refractivity contribution in [1.82, 2.24) is 0 Å². The normalized spacial score (nSPS) is 10.5. The van der Waals surface area contributed by atoms with E-state index in [-0.39, 0.29) is 31.3 Å². The third-order valence-corrected chi connectivity index (χ3v) is 4.24. The number of para-hydroxylation sites is 1. The van der Waals surface area contributed by atoms with Gasteiger partial charge < -0.3 is 10.1 Å². The molecular weight excluding hydrogens is 326 g/mol. The van der Waals surface area contributed by atoms with Crippen LogP contribution in [-0.2, 0) is 20.9 Å². The molecule has 1 N–H and O–H groups in total. The SMILES string of the molecule is Cc1ccccc1NC(=O)CCC(=O)OCc1cccc2ccccc12. The van der Waals surface area contributed by atoms with E-state index < -0.39 is 0 Å². The smallest absolute Gasteiger partial charge is 0.306 e. The van der Waals surface area contributed by atoms with Gasteiger partial charge >= 0.3 is 5.97 Å². The van der Waals surface area contributed by atoms with Crippen LogP contribution < -0.4 is 5.32 Å². The van der Waals surface area contributed by atoms with Gasteiger partial charge in [-0.25, -0.2) is 0 Å². The number of nitrogens with one attached hydrogen (secondary N) is 1. The van der Waals surface area contributed by atoms with E-state index in [9.17, 15) is 9.59 Å². The predicted molar refractivity (Wildman–Crippen MR) is 103 cm³/mol. The number of hydrogen-bond donors (Lipinski definition) is 1. The molecule has 26 heavy (non-hydrogen) atoms. The van der Waals surface area contributed by atoms with Crippen molar-refractivity contribution in [3.05, 3.63) is 77.9 Å². The fourth-order valence-electron chi connectivity index (χ4n) is 2.79. The molecule has 0 saturated carbocycles. The van der Waals surface area contributed by atoms with Crippen LogP contribution in [0.5, 0.6) is 0 Å². The van der Waals surface area contributed by atoms with Gasteiger partial charge in [-0.15, -0.1) is 0 Å². The Kier molecular flexibility index (Phi) is 5.64. The molecule has 0 aromatic heterocycles. The molecule has 4 heteroatoms. The summed E-state index contributed by atoms with van der Waals surface area (Å²) in [5.74, 6) is -0.570. The lowest BCUT2D eigenvalue weighted by atomic mass is 10.1. The van der Waals surface area contributed by atoms with Crippen LogP contribution in [0.4, 0.5) is 5.69 Å². The summed E-state index contributed by atoms with van der Waals surface area (Å²) < 4.78 is 5.34. The van der Waals surface area contributed by atoms with Gasteiger partial charge in [0.2, 0.25) is 5.91 Å². The van der Waals surface area contributed by atoms with Crippen LogP contribution in [0.1, 0.15) is 24.0 Å². The van der Waals surface area contributed by atoms with Gasteiger partial charge in [0.05, 0.1) is 6.42 Å². The average Bonchev–Trinajstić information content (AvgIpc) is 2.66. The number of rotatable bonds is 6. The van der Waals surface area contributed by atoms with E-state index in [0.29, 0.717) is 0 Å². The maximum absolute atomic E-state index is 12.0. The second kappa shape index (κ2) is 8.30. The Balaban J connectivity index is 1.50. The highest BCUT2D eigenvalue weighted by molar-refractivity contribution is 5.93. The van der Waals surface area contributed by atoms with Crippen molar-refractivity contribution in [2.75, 3.05) is 5.32 Å². The topological polar surface area (TPSA) is 55.4 Å². The number of amides is 1. The molecule has 3 aromatic carbocycles. The molecule has 0 aliphatic rings. The van der Waals surface area contributed by atoms with Crippen LogP contribution >= 0.6 is 0 Å². The highest BCUT2D eigenvalue weighted by atomic mass is 16.5. The van der Waals surface area contributed by atoms with Crippen molar-refractivity contribution in [3.63, 3.8) is 0 Å². The maximum atomic E-state index is 12.0. The van der Waals surface area contributed by atoms with Crippen LogP contribution in [0.25, 0.3) is 10.8 Å². The third-order valence-electron chi connectivity index (χ3n) is 4.24. The minimum atomic E-state index is -0.377. The first-order chi connectivity index (χ1) is 12.6. The number of hydrogen-bond acceptors (Lipinski definition) is 3. The molecule has 4 nitrogen and oxygen atoms in total. The molecule has 0 bridgehead atoms. The largest absolute Gasteiger partial charge is 0.461 e. The first kappa shape index (κ1) is 17.7. The molecule has 0 saturated heterocycles. The zero-order valence-electron chi connectivity index (χ0n) is 14.7. The Labute approximate surface area is 152 Å². The van der Waals surface area contributed by atoms with Crippen molar-refractivity contribution in [1.29, 1.82) is 0 Å². The minimum Gasteiger partial charge on any atom is -0.461 e. The van der Waals surface area contributed by atoms with Gasteiger partial charge in [-0.3, -0.25) is 9.59 Å². The first-order valence-electron chi connectivity index (χ1n) is 8.61. The number of benzene rings is 3. The number of carbonyl (C=O) groups is 2. The molecule has 0 heterocycles. The molecule has 0 unspecified atom stereocenters. The van der Waals surface area contributed by atoms with E-state index in [4.69, 9.17) is 4.74 Å². The summed E-state index contributed by atoms with van der Waals surface area (Å²) in [4.78, 5) is 24.0. The van der Waals surface area contributed by atoms with Gasteiger partial charge in [-0.2, -0.15) is 0 Å². The van der Waals surface area contributed by atoms with Gasteiger partial charge in [0.15, 0.2) is 0 Å². The van der Waals surface area contributed by atoms with E-state index in [1.165, 1.54) is 0 Å². The number of ether oxygens (including phenoxy) is 1. The molecule has 0 fully saturated rings. The Hall–Kier alpha value is -3.14. The predicted octanol–water partition coefficient (Wildman–Crippen LogP) is 4.61. The second-order valence-electron chi connectivity index (χ2n) is 6.16. The lowest BCUT2D eigenvalue weighted by molar-refractivity contribution is -0.145. The first-order valence-corrected chi connectivity index (χ1v) is 8.61. The van der Waals surface area contributed by atoms with E-state index in [2.05, 4.69) is 5.32 Å². The van der Waals surface area contributed by atoms with Crippen LogP contribution in [0.2, 0.25) is 0 Å². The van der Waals surface area contributed by atoms with E-state index >= 15 is 0 Å². The average molecular weight is 347 g/mol. The van der Waals surface area contributed by atoms with Crippen molar-refractivity contribution in [2.24, 2.45) is 0 Å². The summed E-state index contributed by atoms with van der Waals surface area (Å²) in [7, 11) is 0. The van der Waals surface area contributed by atoms with Crippen molar-refractivity contribution < 1.29 is 14.3 Å². The van der Waals surface area contributed by atoms with Gasteiger partial charge in [0, 0.05) is 12.1 Å². The summed E-state index contributed by atoms with van der Waals surface area (Å²) >= 11 is 0. The lowest BCUT2D eigenvalue weighted by Gasteiger charge is -2.09. The van der Waals surface area contributed by atoms with E-state index in [0.717, 1.165) is 27.6 Å². The number of esters is 1. The van der Waals surface area contributed by atoms with E-state index in [1.807, 2.05) is 73.7 Å². The minimum absolute atomic E-state index is 0.0580. The van der Waals surface area contributed by atoms with Gasteiger partial charge in [-0.1, -0.05) is 60.7 Å². The Morgan fingerprint density at radius 3 is 2.46 bits per heavy atom. The molecule has 0 atom stereocenters. The third kappa shape index (κ3) is 4.48. The van der Waals surface area contributed by atoms with E-state index in [1.54, 1.807) is 0 Å². The monoisotopic (exact) mass is 347 g/mol. The highest BCUT2D eigenvalue weighted by Crippen LogP contribution is 2.19. The Bertz CT molecular complexity index is 928. The highest BCUT2D eigenvalue weighted by Gasteiger charge is 2.10. The second-order valence-corrected chi connectivity index (χ2v) is 6.16.